The van der Waals surface area contributed by atoms with Gasteiger partial charge in [0.25, 0.3) is 0 Å². The first kappa shape index (κ1) is 10.5. The number of aromatic nitrogens is 3. The van der Waals surface area contributed by atoms with Crippen LogP contribution in [-0.4, -0.2) is 21.8 Å². The molecule has 2 heterocycles. The van der Waals surface area contributed by atoms with E-state index in [1.807, 2.05) is 30.9 Å². The zero-order chi connectivity index (χ0) is 11.4. The molecule has 2 rings (SSSR count). The lowest BCUT2D eigenvalue weighted by Gasteiger charge is -2.04. The monoisotopic (exact) mass is 218 g/mol. The molecule has 5 nitrogen and oxygen atoms in total. The van der Waals surface area contributed by atoms with E-state index in [9.17, 15) is 0 Å². The van der Waals surface area contributed by atoms with Crippen LogP contribution in [0.2, 0.25) is 0 Å². The summed E-state index contributed by atoms with van der Waals surface area (Å²) in [5.41, 5.74) is 0.917. The summed E-state index contributed by atoms with van der Waals surface area (Å²) in [6.45, 7) is 2.86. The SMILES string of the molecule is CCn1cc(Oc2cncc(NC)c2)cn1. The van der Waals surface area contributed by atoms with Crippen LogP contribution in [0.4, 0.5) is 5.69 Å². The Balaban J connectivity index is 2.13. The molecular formula is C11H14N4O. The van der Waals surface area contributed by atoms with Gasteiger partial charge in [-0.15, -0.1) is 0 Å². The van der Waals surface area contributed by atoms with E-state index in [0.717, 1.165) is 18.0 Å². The summed E-state index contributed by atoms with van der Waals surface area (Å²) in [7, 11) is 1.84. The van der Waals surface area contributed by atoms with E-state index in [-0.39, 0.29) is 0 Å². The Morgan fingerprint density at radius 3 is 2.88 bits per heavy atom. The normalized spacial score (nSPS) is 10.1. The Labute approximate surface area is 94.1 Å². The second-order valence-electron chi connectivity index (χ2n) is 3.29. The van der Waals surface area contributed by atoms with Crippen molar-refractivity contribution in [2.24, 2.45) is 0 Å². The topological polar surface area (TPSA) is 52.0 Å². The van der Waals surface area contributed by atoms with Crippen molar-refractivity contribution in [1.82, 2.24) is 14.8 Å². The summed E-state index contributed by atoms with van der Waals surface area (Å²) in [5.74, 6) is 1.42. The molecule has 1 N–H and O–H groups in total. The fourth-order valence-corrected chi connectivity index (χ4v) is 1.32. The largest absolute Gasteiger partial charge is 0.452 e. The molecule has 0 bridgehead atoms. The summed E-state index contributed by atoms with van der Waals surface area (Å²) < 4.78 is 7.43. The lowest BCUT2D eigenvalue weighted by molar-refractivity contribution is 0.479. The first-order valence-corrected chi connectivity index (χ1v) is 5.15. The highest BCUT2D eigenvalue weighted by Gasteiger charge is 2.01. The number of nitrogens with zero attached hydrogens (tertiary/aromatic N) is 3. The molecule has 0 fully saturated rings. The van der Waals surface area contributed by atoms with Crippen LogP contribution >= 0.6 is 0 Å². The van der Waals surface area contributed by atoms with Crippen LogP contribution in [0, 0.1) is 0 Å². The molecule has 2 aromatic heterocycles. The van der Waals surface area contributed by atoms with Crippen LogP contribution < -0.4 is 10.1 Å². The predicted octanol–water partition coefficient (Wildman–Crippen LogP) is 2.13. The van der Waals surface area contributed by atoms with E-state index in [1.165, 1.54) is 0 Å². The van der Waals surface area contributed by atoms with Gasteiger partial charge in [-0.1, -0.05) is 0 Å². The van der Waals surface area contributed by atoms with Crippen molar-refractivity contribution >= 4 is 5.69 Å². The quantitative estimate of drug-likeness (QED) is 0.854. The summed E-state index contributed by atoms with van der Waals surface area (Å²) >= 11 is 0. The molecule has 0 aliphatic heterocycles. The molecule has 0 radical (unpaired) electrons. The number of hydrogen-bond acceptors (Lipinski definition) is 4. The molecule has 0 amide bonds. The standard InChI is InChI=1S/C11H14N4O/c1-3-15-8-11(7-14-15)16-10-4-9(12-2)5-13-6-10/h4-8,12H,3H2,1-2H3. The van der Waals surface area contributed by atoms with Crippen molar-refractivity contribution < 1.29 is 4.74 Å². The molecule has 16 heavy (non-hydrogen) atoms. The van der Waals surface area contributed by atoms with Crippen molar-refractivity contribution in [2.75, 3.05) is 12.4 Å². The Morgan fingerprint density at radius 2 is 2.19 bits per heavy atom. The maximum absolute atomic E-state index is 5.62. The van der Waals surface area contributed by atoms with Gasteiger partial charge in [0.1, 0.15) is 5.75 Å². The van der Waals surface area contributed by atoms with E-state index in [4.69, 9.17) is 4.74 Å². The molecule has 0 spiro atoms. The fraction of sp³-hybridized carbons (Fsp3) is 0.273. The van der Waals surface area contributed by atoms with Crippen LogP contribution in [0.3, 0.4) is 0 Å². The summed E-state index contributed by atoms with van der Waals surface area (Å²) in [6.07, 6.45) is 6.95. The van der Waals surface area contributed by atoms with Crippen molar-refractivity contribution in [3.05, 3.63) is 30.9 Å². The number of rotatable bonds is 4. The smallest absolute Gasteiger partial charge is 0.165 e. The number of nitrogens with one attached hydrogen (secondary N) is 1. The second-order valence-corrected chi connectivity index (χ2v) is 3.29. The zero-order valence-corrected chi connectivity index (χ0v) is 9.34. The maximum Gasteiger partial charge on any atom is 0.165 e. The Morgan fingerprint density at radius 1 is 1.31 bits per heavy atom. The van der Waals surface area contributed by atoms with Crippen LogP contribution in [0.15, 0.2) is 30.9 Å². The molecule has 0 aromatic carbocycles. The maximum atomic E-state index is 5.62. The van der Waals surface area contributed by atoms with Gasteiger partial charge in [-0.2, -0.15) is 5.10 Å². The van der Waals surface area contributed by atoms with Gasteiger partial charge in [0.05, 0.1) is 30.5 Å². The molecular weight excluding hydrogens is 204 g/mol. The average molecular weight is 218 g/mol. The Bertz CT molecular complexity index is 467. The highest BCUT2D eigenvalue weighted by molar-refractivity contribution is 5.45. The number of ether oxygens (including phenoxy) is 1. The van der Waals surface area contributed by atoms with Gasteiger partial charge in [0.2, 0.25) is 0 Å². The highest BCUT2D eigenvalue weighted by atomic mass is 16.5. The van der Waals surface area contributed by atoms with Gasteiger partial charge >= 0.3 is 0 Å². The molecule has 0 atom stereocenters. The van der Waals surface area contributed by atoms with Crippen LogP contribution in [0.1, 0.15) is 6.92 Å². The number of aryl methyl sites for hydroxylation is 1. The van der Waals surface area contributed by atoms with Crippen LogP contribution in [0.5, 0.6) is 11.5 Å². The number of hydrogen-bond donors (Lipinski definition) is 1. The third-order valence-electron chi connectivity index (χ3n) is 2.17. The van der Waals surface area contributed by atoms with Gasteiger partial charge in [-0.3, -0.25) is 9.67 Å². The minimum Gasteiger partial charge on any atom is -0.452 e. The third kappa shape index (κ3) is 2.31. The van der Waals surface area contributed by atoms with E-state index in [2.05, 4.69) is 15.4 Å². The molecule has 0 unspecified atom stereocenters. The van der Waals surface area contributed by atoms with Gasteiger partial charge in [0.15, 0.2) is 5.75 Å². The average Bonchev–Trinajstić information content (AvgIpc) is 2.77. The Kier molecular flexibility index (Phi) is 3.05. The van der Waals surface area contributed by atoms with Crippen molar-refractivity contribution in [3.8, 4) is 11.5 Å². The molecule has 0 saturated carbocycles. The van der Waals surface area contributed by atoms with Crippen molar-refractivity contribution in [3.63, 3.8) is 0 Å². The summed E-state index contributed by atoms with van der Waals surface area (Å²) in [6, 6.07) is 1.89. The van der Waals surface area contributed by atoms with Gasteiger partial charge in [0, 0.05) is 19.7 Å². The highest BCUT2D eigenvalue weighted by Crippen LogP contribution is 2.22. The van der Waals surface area contributed by atoms with Crippen molar-refractivity contribution in [2.45, 2.75) is 13.5 Å². The van der Waals surface area contributed by atoms with Crippen LogP contribution in [0.25, 0.3) is 0 Å². The van der Waals surface area contributed by atoms with Gasteiger partial charge < -0.3 is 10.1 Å². The van der Waals surface area contributed by atoms with E-state index >= 15 is 0 Å². The molecule has 5 heteroatoms. The lowest BCUT2D eigenvalue weighted by Crippen LogP contribution is -1.92. The van der Waals surface area contributed by atoms with E-state index in [1.54, 1.807) is 18.6 Å². The molecule has 2 aromatic rings. The number of pyridine rings is 1. The predicted molar refractivity (Wildman–Crippen MR) is 61.8 cm³/mol. The zero-order valence-electron chi connectivity index (χ0n) is 9.34. The van der Waals surface area contributed by atoms with E-state index < -0.39 is 0 Å². The third-order valence-corrected chi connectivity index (χ3v) is 2.17. The first-order chi connectivity index (χ1) is 7.81. The van der Waals surface area contributed by atoms with Crippen LogP contribution in [-0.2, 0) is 6.54 Å². The summed E-state index contributed by atoms with van der Waals surface area (Å²) in [5, 5.41) is 7.14. The molecule has 0 aliphatic rings. The molecule has 0 saturated heterocycles. The second kappa shape index (κ2) is 4.65. The van der Waals surface area contributed by atoms with E-state index in [0.29, 0.717) is 5.75 Å². The van der Waals surface area contributed by atoms with Gasteiger partial charge in [-0.25, -0.2) is 0 Å². The van der Waals surface area contributed by atoms with Gasteiger partial charge in [-0.05, 0) is 6.92 Å². The molecule has 84 valence electrons. The van der Waals surface area contributed by atoms with Crippen molar-refractivity contribution in [1.29, 1.82) is 0 Å². The minimum absolute atomic E-state index is 0.697. The minimum atomic E-state index is 0.697. The fourth-order valence-electron chi connectivity index (χ4n) is 1.32. The lowest BCUT2D eigenvalue weighted by atomic mass is 10.4. The Hall–Kier alpha value is -2.04. The number of anilines is 1. The summed E-state index contributed by atoms with van der Waals surface area (Å²) in [4.78, 5) is 4.06. The molecule has 0 aliphatic carbocycles. The first-order valence-electron chi connectivity index (χ1n) is 5.15.